The first-order valence-electron chi connectivity index (χ1n) is 3.84. The van der Waals surface area contributed by atoms with Crippen LogP contribution < -0.4 is 5.32 Å². The van der Waals surface area contributed by atoms with E-state index in [9.17, 15) is 13.2 Å². The summed E-state index contributed by atoms with van der Waals surface area (Å²) in [7, 11) is 0. The highest BCUT2D eigenvalue weighted by molar-refractivity contribution is 5.10. The molecule has 0 spiro atoms. The van der Waals surface area contributed by atoms with Crippen LogP contribution in [0.15, 0.2) is 0 Å². The van der Waals surface area contributed by atoms with E-state index in [4.69, 9.17) is 0 Å². The van der Waals surface area contributed by atoms with E-state index >= 15 is 0 Å². The lowest BCUT2D eigenvalue weighted by Crippen LogP contribution is -2.37. The molecule has 0 radical (unpaired) electrons. The van der Waals surface area contributed by atoms with Gasteiger partial charge >= 0.3 is 6.18 Å². The molecule has 4 heteroatoms. The van der Waals surface area contributed by atoms with Crippen LogP contribution in [0.1, 0.15) is 12.8 Å². The average Bonchev–Trinajstić information content (AvgIpc) is 2.59. The minimum Gasteiger partial charge on any atom is -0.316 e. The van der Waals surface area contributed by atoms with Crippen LogP contribution in [0.2, 0.25) is 0 Å². The molecule has 0 bridgehead atoms. The second kappa shape index (κ2) is 1.91. The summed E-state index contributed by atoms with van der Waals surface area (Å²) in [6.45, 7) is 1.08. The first-order valence-corrected chi connectivity index (χ1v) is 3.84. The van der Waals surface area contributed by atoms with Gasteiger partial charge in [0.2, 0.25) is 0 Å². The van der Waals surface area contributed by atoms with Gasteiger partial charge in [-0.15, -0.1) is 0 Å². The normalized spacial score (nSPS) is 43.4. The van der Waals surface area contributed by atoms with Gasteiger partial charge < -0.3 is 5.32 Å². The molecule has 1 nitrogen and oxygen atoms in total. The van der Waals surface area contributed by atoms with Crippen molar-refractivity contribution in [2.75, 3.05) is 13.1 Å². The van der Waals surface area contributed by atoms with Crippen LogP contribution in [-0.2, 0) is 0 Å². The largest absolute Gasteiger partial charge is 0.394 e. The number of rotatable bonds is 0. The van der Waals surface area contributed by atoms with Crippen LogP contribution >= 0.6 is 0 Å². The van der Waals surface area contributed by atoms with Gasteiger partial charge in [-0.2, -0.15) is 13.2 Å². The zero-order valence-corrected chi connectivity index (χ0v) is 6.04. The molecule has 2 rings (SSSR count). The lowest BCUT2D eigenvalue weighted by atomic mass is 9.96. The van der Waals surface area contributed by atoms with Gasteiger partial charge in [-0.3, -0.25) is 0 Å². The Bertz CT molecular complexity index is 177. The predicted octanol–water partition coefficient (Wildman–Crippen LogP) is 1.55. The molecular weight excluding hydrogens is 155 g/mol. The highest BCUT2D eigenvalue weighted by Gasteiger charge is 2.70. The molecule has 1 N–H and O–H groups in total. The average molecular weight is 165 g/mol. The van der Waals surface area contributed by atoms with E-state index in [1.807, 2.05) is 0 Å². The third-order valence-electron chi connectivity index (χ3n) is 2.94. The van der Waals surface area contributed by atoms with Gasteiger partial charge in [-0.1, -0.05) is 0 Å². The molecular formula is C7H10F3N. The molecule has 1 saturated heterocycles. The fourth-order valence-electron chi connectivity index (χ4n) is 2.03. The van der Waals surface area contributed by atoms with E-state index in [-0.39, 0.29) is 12.3 Å². The van der Waals surface area contributed by atoms with Gasteiger partial charge in [0.05, 0.1) is 5.41 Å². The summed E-state index contributed by atoms with van der Waals surface area (Å²) in [5.41, 5.74) is -1.28. The Kier molecular flexibility index (Phi) is 1.29. The van der Waals surface area contributed by atoms with Crippen molar-refractivity contribution >= 4 is 0 Å². The fourth-order valence-corrected chi connectivity index (χ4v) is 2.03. The molecule has 0 amide bonds. The van der Waals surface area contributed by atoms with E-state index in [1.165, 1.54) is 0 Å². The Balaban J connectivity index is 2.13. The standard InChI is InChI=1S/C7H10F3N/c8-7(9,10)6-1-2-11-4-5(6)3-6/h5,11H,1-4H2/t5-,6-/m0/s1. The Morgan fingerprint density at radius 2 is 2.09 bits per heavy atom. The molecule has 2 atom stereocenters. The Morgan fingerprint density at radius 1 is 1.36 bits per heavy atom. The van der Waals surface area contributed by atoms with Crippen molar-refractivity contribution < 1.29 is 13.2 Å². The molecule has 0 aromatic carbocycles. The SMILES string of the molecule is FC(F)(F)[C@]12CCNC[C@@H]1C2. The van der Waals surface area contributed by atoms with Gasteiger partial charge in [0.15, 0.2) is 0 Å². The summed E-state index contributed by atoms with van der Waals surface area (Å²) in [6, 6.07) is 0. The topological polar surface area (TPSA) is 12.0 Å². The number of fused-ring (bicyclic) bond motifs is 1. The van der Waals surface area contributed by atoms with Gasteiger partial charge in [0.25, 0.3) is 0 Å². The first-order chi connectivity index (χ1) is 5.06. The van der Waals surface area contributed by atoms with E-state index < -0.39 is 11.6 Å². The quantitative estimate of drug-likeness (QED) is 0.574. The van der Waals surface area contributed by atoms with Crippen molar-refractivity contribution in [2.24, 2.45) is 11.3 Å². The van der Waals surface area contributed by atoms with Crippen LogP contribution in [-0.4, -0.2) is 19.3 Å². The Labute approximate surface area is 63.0 Å². The van der Waals surface area contributed by atoms with E-state index in [0.29, 0.717) is 19.5 Å². The van der Waals surface area contributed by atoms with Crippen molar-refractivity contribution in [3.05, 3.63) is 0 Å². The zero-order valence-electron chi connectivity index (χ0n) is 6.04. The van der Waals surface area contributed by atoms with Gasteiger partial charge in [0.1, 0.15) is 0 Å². The third-order valence-corrected chi connectivity index (χ3v) is 2.94. The Morgan fingerprint density at radius 3 is 2.55 bits per heavy atom. The summed E-state index contributed by atoms with van der Waals surface area (Å²) in [5.74, 6) is -0.128. The molecule has 1 aliphatic heterocycles. The lowest BCUT2D eigenvalue weighted by molar-refractivity contribution is -0.195. The number of alkyl halides is 3. The van der Waals surface area contributed by atoms with Gasteiger partial charge in [-0.25, -0.2) is 0 Å². The highest BCUT2D eigenvalue weighted by Crippen LogP contribution is 2.65. The Hall–Kier alpha value is -0.250. The molecule has 11 heavy (non-hydrogen) atoms. The van der Waals surface area contributed by atoms with Crippen molar-refractivity contribution in [3.8, 4) is 0 Å². The lowest BCUT2D eigenvalue weighted by Gasteiger charge is -2.25. The molecule has 0 aromatic heterocycles. The number of hydrogen-bond donors (Lipinski definition) is 1. The molecule has 64 valence electrons. The summed E-state index contributed by atoms with van der Waals surface area (Å²) >= 11 is 0. The molecule has 1 heterocycles. The minimum atomic E-state index is -3.96. The van der Waals surface area contributed by atoms with Crippen LogP contribution in [0.4, 0.5) is 13.2 Å². The van der Waals surface area contributed by atoms with Gasteiger partial charge in [0, 0.05) is 0 Å². The van der Waals surface area contributed by atoms with Crippen LogP contribution in [0.5, 0.6) is 0 Å². The van der Waals surface area contributed by atoms with E-state index in [1.54, 1.807) is 0 Å². The maximum Gasteiger partial charge on any atom is 0.394 e. The number of piperidine rings is 1. The maximum absolute atomic E-state index is 12.3. The van der Waals surface area contributed by atoms with Crippen molar-refractivity contribution in [3.63, 3.8) is 0 Å². The first kappa shape index (κ1) is 7.40. The number of hydrogen-bond acceptors (Lipinski definition) is 1. The van der Waals surface area contributed by atoms with E-state index in [2.05, 4.69) is 5.32 Å². The van der Waals surface area contributed by atoms with Crippen molar-refractivity contribution in [2.45, 2.75) is 19.0 Å². The molecule has 1 saturated carbocycles. The van der Waals surface area contributed by atoms with Crippen LogP contribution in [0.3, 0.4) is 0 Å². The van der Waals surface area contributed by atoms with Gasteiger partial charge in [-0.05, 0) is 31.8 Å². The number of halogens is 3. The second-order valence-electron chi connectivity index (χ2n) is 3.51. The zero-order chi connectivity index (χ0) is 8.11. The maximum atomic E-state index is 12.3. The predicted molar refractivity (Wildman–Crippen MR) is 34.1 cm³/mol. The highest BCUT2D eigenvalue weighted by atomic mass is 19.4. The summed E-state index contributed by atoms with van der Waals surface area (Å²) < 4.78 is 37.0. The van der Waals surface area contributed by atoms with Crippen LogP contribution in [0, 0.1) is 11.3 Å². The minimum absolute atomic E-state index is 0.128. The summed E-state index contributed by atoms with van der Waals surface area (Å²) in [5, 5.41) is 2.97. The third kappa shape index (κ3) is 0.883. The van der Waals surface area contributed by atoms with Crippen molar-refractivity contribution in [1.29, 1.82) is 0 Å². The van der Waals surface area contributed by atoms with Crippen LogP contribution in [0.25, 0.3) is 0 Å². The monoisotopic (exact) mass is 165 g/mol. The molecule has 0 unspecified atom stereocenters. The van der Waals surface area contributed by atoms with E-state index in [0.717, 1.165) is 0 Å². The second-order valence-corrected chi connectivity index (χ2v) is 3.51. The summed E-state index contributed by atoms with van der Waals surface area (Å²) in [6.07, 6.45) is -3.33. The molecule has 2 fully saturated rings. The van der Waals surface area contributed by atoms with Crippen molar-refractivity contribution in [1.82, 2.24) is 5.32 Å². The molecule has 1 aliphatic carbocycles. The molecule has 0 aromatic rings. The fraction of sp³-hybridized carbons (Fsp3) is 1.00. The summed E-state index contributed by atoms with van der Waals surface area (Å²) in [4.78, 5) is 0. The molecule has 2 aliphatic rings. The smallest absolute Gasteiger partial charge is 0.316 e. The number of nitrogens with one attached hydrogen (secondary N) is 1.